The van der Waals surface area contributed by atoms with Gasteiger partial charge in [0, 0.05) is 50.9 Å². The minimum absolute atomic E-state index is 0.0485. The first-order valence-electron chi connectivity index (χ1n) is 14.1. The highest BCUT2D eigenvalue weighted by molar-refractivity contribution is 5.87. The fraction of sp³-hybridized carbons (Fsp3) is 0.828. The molecule has 3 saturated carbocycles. The second-order valence-electron chi connectivity index (χ2n) is 12.5. The van der Waals surface area contributed by atoms with Gasteiger partial charge in [-0.1, -0.05) is 38.0 Å². The van der Waals surface area contributed by atoms with Gasteiger partial charge >= 0.3 is 0 Å². The molecule has 2 aliphatic heterocycles. The SMILES string of the molecule is C=C(CC1CCCC(C2CCC(C(=C)N3CCN(C(=O)C4(O)CC4)CC3)CC2)C1)C1CN(C)C1. The van der Waals surface area contributed by atoms with Crippen molar-refractivity contribution in [2.75, 3.05) is 46.3 Å². The number of aliphatic hydroxyl groups is 1. The maximum Gasteiger partial charge on any atom is 0.254 e. The molecule has 0 bridgehead atoms. The predicted molar refractivity (Wildman–Crippen MR) is 137 cm³/mol. The van der Waals surface area contributed by atoms with Crippen LogP contribution in [-0.2, 0) is 4.79 Å². The van der Waals surface area contributed by atoms with Crippen molar-refractivity contribution in [2.45, 2.75) is 76.2 Å². The van der Waals surface area contributed by atoms with Crippen molar-refractivity contribution in [3.63, 3.8) is 0 Å². The lowest BCUT2D eigenvalue weighted by atomic mass is 9.67. The van der Waals surface area contributed by atoms with E-state index in [1.807, 2.05) is 4.90 Å². The average molecular weight is 470 g/mol. The number of hydrogen-bond donors (Lipinski definition) is 1. The van der Waals surface area contributed by atoms with Crippen molar-refractivity contribution >= 4 is 5.91 Å². The molecule has 0 radical (unpaired) electrons. The quantitative estimate of drug-likeness (QED) is 0.565. The van der Waals surface area contributed by atoms with Gasteiger partial charge in [-0.2, -0.15) is 0 Å². The van der Waals surface area contributed by atoms with E-state index >= 15 is 0 Å². The number of allylic oxidation sites excluding steroid dienone is 1. The number of rotatable bonds is 7. The Morgan fingerprint density at radius 2 is 1.53 bits per heavy atom. The summed E-state index contributed by atoms with van der Waals surface area (Å²) in [6.45, 7) is 14.6. The molecule has 5 aliphatic rings. The number of carbonyl (C=O) groups excluding carboxylic acids is 1. The van der Waals surface area contributed by atoms with Crippen molar-refractivity contribution < 1.29 is 9.90 Å². The molecular weight excluding hydrogens is 422 g/mol. The molecule has 2 atom stereocenters. The molecule has 2 heterocycles. The van der Waals surface area contributed by atoms with E-state index in [0.29, 0.717) is 18.8 Å². The van der Waals surface area contributed by atoms with Crippen molar-refractivity contribution in [1.82, 2.24) is 14.7 Å². The molecule has 190 valence electrons. The highest BCUT2D eigenvalue weighted by atomic mass is 16.3. The van der Waals surface area contributed by atoms with Crippen LogP contribution in [0.15, 0.2) is 24.4 Å². The van der Waals surface area contributed by atoms with Crippen molar-refractivity contribution in [3.05, 3.63) is 24.4 Å². The molecule has 5 nitrogen and oxygen atoms in total. The summed E-state index contributed by atoms with van der Waals surface area (Å²) in [5.74, 6) is 4.02. The third-order valence-corrected chi connectivity index (χ3v) is 10.0. The van der Waals surface area contributed by atoms with E-state index < -0.39 is 5.60 Å². The standard InChI is InChI=1S/C29H47N3O2/c1-21(27-19-30(3)20-27)17-23-5-4-6-26(18-23)25-9-7-24(8-10-25)22(2)31-13-15-32(16-14-31)28(33)29(34)11-12-29/h23-27,34H,1-2,4-20H2,3H3. The summed E-state index contributed by atoms with van der Waals surface area (Å²) in [5, 5.41) is 10.1. The highest BCUT2D eigenvalue weighted by Gasteiger charge is 2.50. The molecule has 5 rings (SSSR count). The van der Waals surface area contributed by atoms with Gasteiger partial charge in [-0.05, 0) is 82.1 Å². The second-order valence-corrected chi connectivity index (χ2v) is 12.5. The zero-order valence-electron chi connectivity index (χ0n) is 21.5. The topological polar surface area (TPSA) is 47.0 Å². The summed E-state index contributed by atoms with van der Waals surface area (Å²) in [5.41, 5.74) is 1.80. The van der Waals surface area contributed by atoms with Gasteiger partial charge in [-0.25, -0.2) is 0 Å². The Kier molecular flexibility index (Phi) is 7.14. The molecule has 1 N–H and O–H groups in total. The molecule has 5 heteroatoms. The van der Waals surface area contributed by atoms with E-state index in [4.69, 9.17) is 0 Å². The van der Waals surface area contributed by atoms with Crippen LogP contribution in [0, 0.1) is 29.6 Å². The van der Waals surface area contributed by atoms with Crippen LogP contribution in [0.4, 0.5) is 0 Å². The maximum atomic E-state index is 12.4. The first kappa shape index (κ1) is 24.4. The van der Waals surface area contributed by atoms with Crippen LogP contribution in [0.5, 0.6) is 0 Å². The largest absolute Gasteiger partial charge is 0.380 e. The summed E-state index contributed by atoms with van der Waals surface area (Å²) in [7, 11) is 2.21. The van der Waals surface area contributed by atoms with E-state index in [1.165, 1.54) is 82.1 Å². The van der Waals surface area contributed by atoms with Crippen LogP contribution in [0.25, 0.3) is 0 Å². The second kappa shape index (κ2) is 9.97. The highest BCUT2D eigenvalue weighted by Crippen LogP contribution is 2.45. The third kappa shape index (κ3) is 5.26. The van der Waals surface area contributed by atoms with Crippen molar-refractivity contribution in [1.29, 1.82) is 0 Å². The minimum atomic E-state index is -1.03. The number of piperazine rings is 1. The lowest BCUT2D eigenvalue weighted by molar-refractivity contribution is -0.144. The monoisotopic (exact) mass is 469 g/mol. The molecule has 0 spiro atoms. The predicted octanol–water partition coefficient (Wildman–Crippen LogP) is 4.29. The van der Waals surface area contributed by atoms with Gasteiger partial charge in [0.2, 0.25) is 0 Å². The Morgan fingerprint density at radius 1 is 0.882 bits per heavy atom. The first-order valence-corrected chi connectivity index (χ1v) is 14.1. The first-order chi connectivity index (χ1) is 16.3. The lowest BCUT2D eigenvalue weighted by Crippen LogP contribution is -2.52. The van der Waals surface area contributed by atoms with Gasteiger partial charge in [-0.15, -0.1) is 0 Å². The average Bonchev–Trinajstić information content (AvgIpc) is 3.60. The Labute approximate surface area is 207 Å². The number of amides is 1. The van der Waals surface area contributed by atoms with Gasteiger partial charge in [0.25, 0.3) is 5.91 Å². The van der Waals surface area contributed by atoms with Gasteiger partial charge < -0.3 is 19.8 Å². The number of carbonyl (C=O) groups is 1. The summed E-state index contributed by atoms with van der Waals surface area (Å²) < 4.78 is 0. The molecule has 2 unspecified atom stereocenters. The molecular formula is C29H47N3O2. The van der Waals surface area contributed by atoms with E-state index in [1.54, 1.807) is 0 Å². The Balaban J connectivity index is 1.04. The van der Waals surface area contributed by atoms with E-state index in [-0.39, 0.29) is 5.91 Å². The van der Waals surface area contributed by atoms with Gasteiger partial charge in [0.1, 0.15) is 5.60 Å². The molecule has 1 amide bonds. The summed E-state index contributed by atoms with van der Waals surface area (Å²) in [4.78, 5) is 19.1. The van der Waals surface area contributed by atoms with E-state index in [9.17, 15) is 9.90 Å². The normalized spacial score (nSPS) is 34.4. The van der Waals surface area contributed by atoms with E-state index in [0.717, 1.165) is 49.9 Å². The van der Waals surface area contributed by atoms with Crippen LogP contribution in [0.2, 0.25) is 0 Å². The molecule has 0 aromatic heterocycles. The summed E-state index contributed by atoms with van der Waals surface area (Å²) >= 11 is 0. The number of likely N-dealkylation sites (tertiary alicyclic amines) is 1. The molecule has 5 fully saturated rings. The summed E-state index contributed by atoms with van der Waals surface area (Å²) in [6.07, 6.45) is 13.5. The minimum Gasteiger partial charge on any atom is -0.380 e. The van der Waals surface area contributed by atoms with Crippen LogP contribution in [0.1, 0.15) is 70.6 Å². The number of nitrogens with zero attached hydrogens (tertiary/aromatic N) is 3. The van der Waals surface area contributed by atoms with Crippen LogP contribution in [-0.4, -0.2) is 77.6 Å². The zero-order valence-corrected chi connectivity index (χ0v) is 21.5. The molecule has 0 aromatic carbocycles. The lowest BCUT2D eigenvalue weighted by Gasteiger charge is -2.43. The van der Waals surface area contributed by atoms with Crippen molar-refractivity contribution in [2.24, 2.45) is 29.6 Å². The fourth-order valence-corrected chi connectivity index (χ4v) is 7.45. The zero-order chi connectivity index (χ0) is 23.9. The van der Waals surface area contributed by atoms with E-state index in [2.05, 4.69) is 30.0 Å². The Bertz CT molecular complexity index is 768. The third-order valence-electron chi connectivity index (χ3n) is 10.0. The van der Waals surface area contributed by atoms with Crippen LogP contribution < -0.4 is 0 Å². The van der Waals surface area contributed by atoms with Gasteiger partial charge in [-0.3, -0.25) is 4.79 Å². The molecule has 3 aliphatic carbocycles. The van der Waals surface area contributed by atoms with Crippen LogP contribution >= 0.6 is 0 Å². The van der Waals surface area contributed by atoms with Crippen molar-refractivity contribution in [3.8, 4) is 0 Å². The molecule has 34 heavy (non-hydrogen) atoms. The Morgan fingerprint density at radius 3 is 2.15 bits per heavy atom. The fourth-order valence-electron chi connectivity index (χ4n) is 7.45. The van der Waals surface area contributed by atoms with Crippen LogP contribution in [0.3, 0.4) is 0 Å². The summed E-state index contributed by atoms with van der Waals surface area (Å²) in [6, 6.07) is 0. The van der Waals surface area contributed by atoms with Gasteiger partial charge in [0.05, 0.1) is 0 Å². The number of hydrogen-bond acceptors (Lipinski definition) is 4. The molecule has 2 saturated heterocycles. The van der Waals surface area contributed by atoms with Gasteiger partial charge in [0.15, 0.2) is 0 Å². The maximum absolute atomic E-state index is 12.4. The molecule has 0 aromatic rings. The smallest absolute Gasteiger partial charge is 0.254 e. The Hall–Kier alpha value is -1.33.